The fourth-order valence-electron chi connectivity index (χ4n) is 3.12. The third-order valence-corrected chi connectivity index (χ3v) is 6.11. The first-order valence-electron chi connectivity index (χ1n) is 8.03. The molecule has 0 radical (unpaired) electrons. The van der Waals surface area contributed by atoms with Gasteiger partial charge in [-0.2, -0.15) is 4.98 Å². The summed E-state index contributed by atoms with van der Waals surface area (Å²) >= 11 is 1.38. The lowest BCUT2D eigenvalue weighted by Crippen LogP contribution is -2.70. The number of aromatic nitrogens is 2. The molecule has 2 aliphatic rings. The lowest BCUT2D eigenvalue weighted by molar-refractivity contribution is -0.161. The molecule has 1 aromatic rings. The number of amides is 2. The van der Waals surface area contributed by atoms with Crippen LogP contribution in [-0.2, 0) is 20.8 Å². The Bertz CT molecular complexity index is 733. The quantitative estimate of drug-likeness (QED) is 0.714. The van der Waals surface area contributed by atoms with Crippen molar-refractivity contribution in [2.75, 3.05) is 0 Å². The zero-order valence-electron chi connectivity index (χ0n) is 14.3. The summed E-state index contributed by atoms with van der Waals surface area (Å²) in [6.45, 7) is 7.07. The molecule has 2 fully saturated rings. The lowest BCUT2D eigenvalue weighted by atomic mass is 9.95. The predicted octanol–water partition coefficient (Wildman–Crippen LogP) is 0.367. The number of carboxylic acid groups (broad SMARTS) is 1. The smallest absolute Gasteiger partial charge is 0.327 e. The van der Waals surface area contributed by atoms with Gasteiger partial charge >= 0.3 is 5.97 Å². The second-order valence-corrected chi connectivity index (χ2v) is 8.48. The van der Waals surface area contributed by atoms with E-state index in [1.54, 1.807) is 20.8 Å². The summed E-state index contributed by atoms with van der Waals surface area (Å²) in [7, 11) is 0. The van der Waals surface area contributed by atoms with E-state index in [9.17, 15) is 19.5 Å². The summed E-state index contributed by atoms with van der Waals surface area (Å²) in [6, 6.07) is -1.64. The van der Waals surface area contributed by atoms with Crippen LogP contribution in [0.5, 0.6) is 0 Å². The number of carboxylic acids is 1. The Morgan fingerprint density at radius 2 is 2.16 bits per heavy atom. The van der Waals surface area contributed by atoms with E-state index in [1.165, 1.54) is 16.7 Å². The highest BCUT2D eigenvalue weighted by molar-refractivity contribution is 8.01. The molecular weight excluding hydrogens is 348 g/mol. The monoisotopic (exact) mass is 368 g/mol. The van der Waals surface area contributed by atoms with Gasteiger partial charge in [0, 0.05) is 11.2 Å². The normalized spacial score (nSPS) is 28.2. The molecule has 136 valence electrons. The van der Waals surface area contributed by atoms with Crippen molar-refractivity contribution in [2.45, 2.75) is 62.2 Å². The third kappa shape index (κ3) is 2.78. The molecule has 2 unspecified atom stereocenters. The Labute approximate surface area is 148 Å². The van der Waals surface area contributed by atoms with Gasteiger partial charge in [-0.1, -0.05) is 12.1 Å². The maximum absolute atomic E-state index is 12.4. The molecule has 3 rings (SSSR count). The van der Waals surface area contributed by atoms with Crippen molar-refractivity contribution in [3.8, 4) is 0 Å². The summed E-state index contributed by atoms with van der Waals surface area (Å²) in [5, 5.41) is 15.5. The minimum Gasteiger partial charge on any atom is -0.480 e. The van der Waals surface area contributed by atoms with Crippen LogP contribution in [0, 0.1) is 0 Å². The minimum atomic E-state index is -1.04. The molecule has 2 amide bonds. The Kier molecular flexibility index (Phi) is 4.26. The van der Waals surface area contributed by atoms with Gasteiger partial charge in [0.2, 0.25) is 17.7 Å². The van der Waals surface area contributed by atoms with Crippen molar-refractivity contribution in [1.82, 2.24) is 20.4 Å². The first-order valence-corrected chi connectivity index (χ1v) is 8.91. The number of nitrogens with one attached hydrogen (secondary N) is 1. The van der Waals surface area contributed by atoms with Crippen LogP contribution in [0.25, 0.3) is 0 Å². The van der Waals surface area contributed by atoms with E-state index in [0.717, 1.165) is 0 Å². The maximum atomic E-state index is 12.4. The van der Waals surface area contributed by atoms with Gasteiger partial charge in [-0.25, -0.2) is 4.79 Å². The number of aliphatic carboxylic acids is 1. The molecule has 10 heteroatoms. The number of thioether (sulfide) groups is 1. The van der Waals surface area contributed by atoms with Crippen LogP contribution in [-0.4, -0.2) is 60.1 Å². The van der Waals surface area contributed by atoms with Gasteiger partial charge in [0.05, 0.1) is 0 Å². The number of nitrogens with zero attached hydrogens (tertiary/aromatic N) is 3. The highest BCUT2D eigenvalue weighted by atomic mass is 32.2. The molecule has 0 bridgehead atoms. The van der Waals surface area contributed by atoms with Crippen molar-refractivity contribution in [3.63, 3.8) is 0 Å². The Morgan fingerprint density at radius 1 is 1.48 bits per heavy atom. The van der Waals surface area contributed by atoms with E-state index in [0.29, 0.717) is 12.2 Å². The topological polar surface area (TPSA) is 126 Å². The first kappa shape index (κ1) is 17.7. The molecule has 3 heterocycles. The van der Waals surface area contributed by atoms with Crippen LogP contribution in [0.4, 0.5) is 0 Å². The molecule has 2 saturated heterocycles. The summed E-state index contributed by atoms with van der Waals surface area (Å²) in [6.07, 6.45) is 0.596. The highest BCUT2D eigenvalue weighted by Gasteiger charge is 2.64. The highest BCUT2D eigenvalue weighted by Crippen LogP contribution is 2.50. The first-order chi connectivity index (χ1) is 11.7. The predicted molar refractivity (Wildman–Crippen MR) is 87.7 cm³/mol. The number of carbonyl (C=O) groups is 3. The van der Waals surface area contributed by atoms with Crippen molar-refractivity contribution in [2.24, 2.45) is 0 Å². The van der Waals surface area contributed by atoms with Gasteiger partial charge in [0.15, 0.2) is 5.82 Å². The second kappa shape index (κ2) is 6.01. The van der Waals surface area contributed by atoms with E-state index in [1.807, 2.05) is 6.92 Å². The Morgan fingerprint density at radius 3 is 2.72 bits per heavy atom. The largest absolute Gasteiger partial charge is 0.480 e. The molecule has 2 aliphatic heterocycles. The molecule has 9 nitrogen and oxygen atoms in total. The van der Waals surface area contributed by atoms with Gasteiger partial charge in [0.1, 0.15) is 23.4 Å². The third-order valence-electron chi connectivity index (χ3n) is 4.54. The molecule has 4 atom stereocenters. The zero-order chi connectivity index (χ0) is 18.5. The SMILES string of the molecule is CCc1noc(C(C)C(=O)NC2C(=O)N3[C@@H]2SC(C)(C)[C@@H]3C(=O)O)n1. The van der Waals surface area contributed by atoms with E-state index in [2.05, 4.69) is 15.5 Å². The summed E-state index contributed by atoms with van der Waals surface area (Å²) < 4.78 is 4.44. The van der Waals surface area contributed by atoms with Gasteiger partial charge < -0.3 is 19.8 Å². The number of aryl methyl sites for hydroxylation is 1. The van der Waals surface area contributed by atoms with Crippen molar-refractivity contribution in [1.29, 1.82) is 0 Å². The van der Waals surface area contributed by atoms with Crippen molar-refractivity contribution < 1.29 is 24.0 Å². The molecule has 0 aromatic carbocycles. The van der Waals surface area contributed by atoms with Crippen LogP contribution >= 0.6 is 11.8 Å². The second-order valence-electron chi connectivity index (χ2n) is 6.71. The van der Waals surface area contributed by atoms with Gasteiger partial charge in [-0.15, -0.1) is 11.8 Å². The number of fused-ring (bicyclic) bond motifs is 1. The summed E-state index contributed by atoms with van der Waals surface area (Å²) in [5.74, 6) is -1.80. The number of rotatable bonds is 5. The fraction of sp³-hybridized carbons (Fsp3) is 0.667. The lowest BCUT2D eigenvalue weighted by Gasteiger charge is -2.43. The number of hydrogen-bond acceptors (Lipinski definition) is 7. The van der Waals surface area contributed by atoms with E-state index in [4.69, 9.17) is 4.52 Å². The van der Waals surface area contributed by atoms with Crippen LogP contribution in [0.15, 0.2) is 4.52 Å². The van der Waals surface area contributed by atoms with Gasteiger partial charge in [0.25, 0.3) is 0 Å². The average molecular weight is 368 g/mol. The van der Waals surface area contributed by atoms with Crippen molar-refractivity contribution in [3.05, 3.63) is 11.7 Å². The Balaban J connectivity index is 1.69. The molecule has 25 heavy (non-hydrogen) atoms. The molecule has 1 aromatic heterocycles. The minimum absolute atomic E-state index is 0.195. The van der Waals surface area contributed by atoms with Crippen LogP contribution in [0.1, 0.15) is 45.3 Å². The summed E-state index contributed by atoms with van der Waals surface area (Å²) in [5.41, 5.74) is 0. The molecule has 0 aliphatic carbocycles. The number of hydrogen-bond donors (Lipinski definition) is 2. The molecule has 0 saturated carbocycles. The van der Waals surface area contributed by atoms with Gasteiger partial charge in [-0.05, 0) is 20.8 Å². The van der Waals surface area contributed by atoms with Crippen LogP contribution < -0.4 is 5.32 Å². The van der Waals surface area contributed by atoms with Gasteiger partial charge in [-0.3, -0.25) is 9.59 Å². The van der Waals surface area contributed by atoms with Crippen LogP contribution in [0.2, 0.25) is 0 Å². The molecule has 2 N–H and O–H groups in total. The Hall–Kier alpha value is -2.10. The standard InChI is InChI=1S/C15H20N4O5S/c1-5-7-16-11(24-18-7)6(2)10(20)17-8-12(21)19-9(14(22)23)15(3,4)25-13(8)19/h6,8-9,13H,5H2,1-4H3,(H,17,20)(H,22,23)/t6?,8?,9-,13+/m0/s1. The average Bonchev–Trinajstić information content (AvgIpc) is 3.12. The number of β-lactam (4-membered cyclic amide) rings is 1. The van der Waals surface area contributed by atoms with E-state index in [-0.39, 0.29) is 17.2 Å². The molecular formula is C15H20N4O5S. The summed E-state index contributed by atoms with van der Waals surface area (Å²) in [4.78, 5) is 41.7. The number of carbonyl (C=O) groups excluding carboxylic acids is 2. The van der Waals surface area contributed by atoms with Crippen molar-refractivity contribution >= 4 is 29.5 Å². The van der Waals surface area contributed by atoms with Crippen LogP contribution in [0.3, 0.4) is 0 Å². The van der Waals surface area contributed by atoms with E-state index < -0.39 is 34.6 Å². The van der Waals surface area contributed by atoms with E-state index >= 15 is 0 Å². The zero-order valence-corrected chi connectivity index (χ0v) is 15.2. The fourth-order valence-corrected chi connectivity index (χ4v) is 4.75. The molecule has 0 spiro atoms. The maximum Gasteiger partial charge on any atom is 0.327 e.